The van der Waals surface area contributed by atoms with Crippen LogP contribution in [0.25, 0.3) is 0 Å². The number of imide groups is 1. The van der Waals surface area contributed by atoms with Crippen LogP contribution in [0.5, 0.6) is 5.75 Å². The molecule has 2 aromatic rings. The third-order valence-electron chi connectivity index (χ3n) is 3.58. The second-order valence-electron chi connectivity index (χ2n) is 5.35. The summed E-state index contributed by atoms with van der Waals surface area (Å²) in [5.41, 5.74) is 1.22. The Hall–Kier alpha value is -3.09. The van der Waals surface area contributed by atoms with E-state index in [1.54, 1.807) is 37.1 Å². The Morgan fingerprint density at radius 3 is 2.56 bits per heavy atom. The normalized spacial score (nSPS) is 10.2. The molecule has 1 aromatic carbocycles. The molecule has 0 bridgehead atoms. The minimum Gasteiger partial charge on any atom is -0.496 e. The van der Waals surface area contributed by atoms with Gasteiger partial charge < -0.3 is 14.0 Å². The fraction of sp³-hybridized carbons (Fsp3) is 0.278. The van der Waals surface area contributed by atoms with E-state index in [0.717, 1.165) is 5.56 Å². The SMILES string of the molecule is COc1ccccc1CCC(=O)OCC(=O)NC(=O)c1cccn1C. The fourth-order valence-corrected chi connectivity index (χ4v) is 2.29. The summed E-state index contributed by atoms with van der Waals surface area (Å²) < 4.78 is 11.7. The highest BCUT2D eigenvalue weighted by molar-refractivity contribution is 6.04. The van der Waals surface area contributed by atoms with Crippen molar-refractivity contribution in [1.29, 1.82) is 0 Å². The van der Waals surface area contributed by atoms with Gasteiger partial charge in [0.05, 0.1) is 7.11 Å². The van der Waals surface area contributed by atoms with Gasteiger partial charge >= 0.3 is 5.97 Å². The summed E-state index contributed by atoms with van der Waals surface area (Å²) in [6, 6.07) is 10.6. The number of methoxy groups -OCH3 is 1. The van der Waals surface area contributed by atoms with Crippen molar-refractivity contribution < 1.29 is 23.9 Å². The third-order valence-corrected chi connectivity index (χ3v) is 3.58. The van der Waals surface area contributed by atoms with Gasteiger partial charge in [0.1, 0.15) is 11.4 Å². The van der Waals surface area contributed by atoms with Crippen molar-refractivity contribution in [2.75, 3.05) is 13.7 Å². The maximum Gasteiger partial charge on any atom is 0.306 e. The van der Waals surface area contributed by atoms with E-state index >= 15 is 0 Å². The first kappa shape index (κ1) is 18.3. The molecule has 0 atom stereocenters. The number of hydrogen-bond acceptors (Lipinski definition) is 5. The first-order valence-electron chi connectivity index (χ1n) is 7.74. The second kappa shape index (κ2) is 8.68. The lowest BCUT2D eigenvalue weighted by Crippen LogP contribution is -2.35. The highest BCUT2D eigenvalue weighted by atomic mass is 16.5. The zero-order chi connectivity index (χ0) is 18.2. The van der Waals surface area contributed by atoms with Crippen LogP contribution in [0.2, 0.25) is 0 Å². The number of para-hydroxylation sites is 1. The van der Waals surface area contributed by atoms with E-state index in [9.17, 15) is 14.4 Å². The first-order chi connectivity index (χ1) is 12.0. The van der Waals surface area contributed by atoms with Crippen molar-refractivity contribution in [3.05, 3.63) is 53.9 Å². The Bertz CT molecular complexity index is 766. The first-order valence-corrected chi connectivity index (χ1v) is 7.74. The number of nitrogens with zero attached hydrogens (tertiary/aromatic N) is 1. The molecule has 0 spiro atoms. The quantitative estimate of drug-likeness (QED) is 0.769. The number of hydrogen-bond donors (Lipinski definition) is 1. The average Bonchev–Trinajstić information content (AvgIpc) is 3.04. The van der Waals surface area contributed by atoms with Crippen LogP contribution in [-0.4, -0.2) is 36.1 Å². The molecule has 1 heterocycles. The minimum atomic E-state index is -0.670. The molecule has 2 amide bonds. The van der Waals surface area contributed by atoms with Gasteiger partial charge in [-0.15, -0.1) is 0 Å². The highest BCUT2D eigenvalue weighted by Crippen LogP contribution is 2.18. The molecule has 7 heteroatoms. The number of carbonyl (C=O) groups excluding carboxylic acids is 3. The van der Waals surface area contributed by atoms with Crippen molar-refractivity contribution in [3.8, 4) is 5.75 Å². The molecule has 0 saturated heterocycles. The number of rotatable bonds is 7. The van der Waals surface area contributed by atoms with Crippen LogP contribution in [0.4, 0.5) is 0 Å². The van der Waals surface area contributed by atoms with E-state index in [0.29, 0.717) is 17.9 Å². The van der Waals surface area contributed by atoms with Crippen LogP contribution in [0, 0.1) is 0 Å². The molecule has 1 aromatic heterocycles. The van der Waals surface area contributed by atoms with Gasteiger partial charge in [0.2, 0.25) is 0 Å². The Kier molecular flexibility index (Phi) is 6.33. The fourth-order valence-electron chi connectivity index (χ4n) is 2.29. The molecule has 0 fully saturated rings. The summed E-state index contributed by atoms with van der Waals surface area (Å²) in [5, 5.41) is 2.17. The molecule has 0 aliphatic rings. The average molecular weight is 344 g/mol. The summed E-state index contributed by atoms with van der Waals surface area (Å²) in [6.07, 6.45) is 2.24. The van der Waals surface area contributed by atoms with Crippen LogP contribution < -0.4 is 10.1 Å². The van der Waals surface area contributed by atoms with E-state index in [-0.39, 0.29) is 6.42 Å². The maximum absolute atomic E-state index is 11.9. The van der Waals surface area contributed by atoms with Crippen LogP contribution >= 0.6 is 0 Å². The summed E-state index contributed by atoms with van der Waals surface area (Å²) in [6.45, 7) is -0.499. The lowest BCUT2D eigenvalue weighted by molar-refractivity contribution is -0.148. The summed E-state index contributed by atoms with van der Waals surface area (Å²) in [4.78, 5) is 35.3. The minimum absolute atomic E-state index is 0.111. The molecule has 0 saturated carbocycles. The lowest BCUT2D eigenvalue weighted by Gasteiger charge is -2.08. The molecule has 0 unspecified atom stereocenters. The number of amides is 2. The van der Waals surface area contributed by atoms with Gasteiger partial charge in [-0.05, 0) is 30.2 Å². The monoisotopic (exact) mass is 344 g/mol. The zero-order valence-electron chi connectivity index (χ0n) is 14.2. The summed E-state index contributed by atoms with van der Waals surface area (Å²) in [7, 11) is 3.25. The molecule has 2 rings (SSSR count). The van der Waals surface area contributed by atoms with E-state index in [4.69, 9.17) is 9.47 Å². The van der Waals surface area contributed by atoms with Gasteiger partial charge in [-0.25, -0.2) is 0 Å². The largest absolute Gasteiger partial charge is 0.496 e. The van der Waals surface area contributed by atoms with Gasteiger partial charge in [-0.3, -0.25) is 19.7 Å². The predicted octanol–water partition coefficient (Wildman–Crippen LogP) is 1.47. The van der Waals surface area contributed by atoms with Gasteiger partial charge in [0.15, 0.2) is 6.61 Å². The summed E-state index contributed by atoms with van der Waals surface area (Å²) >= 11 is 0. The van der Waals surface area contributed by atoms with Crippen molar-refractivity contribution in [2.24, 2.45) is 7.05 Å². The van der Waals surface area contributed by atoms with Crippen LogP contribution in [0.1, 0.15) is 22.5 Å². The molecular formula is C18H20N2O5. The van der Waals surface area contributed by atoms with E-state index in [1.165, 1.54) is 0 Å². The second-order valence-corrected chi connectivity index (χ2v) is 5.35. The van der Waals surface area contributed by atoms with Gasteiger partial charge in [-0.1, -0.05) is 18.2 Å². The van der Waals surface area contributed by atoms with Crippen molar-refractivity contribution >= 4 is 17.8 Å². The van der Waals surface area contributed by atoms with Crippen LogP contribution in [-0.2, 0) is 27.8 Å². The molecule has 0 radical (unpaired) electrons. The van der Waals surface area contributed by atoms with Crippen molar-refractivity contribution in [3.63, 3.8) is 0 Å². The smallest absolute Gasteiger partial charge is 0.306 e. The molecular weight excluding hydrogens is 324 g/mol. The lowest BCUT2D eigenvalue weighted by atomic mass is 10.1. The number of aryl methyl sites for hydroxylation is 2. The van der Waals surface area contributed by atoms with Gasteiger partial charge in [0.25, 0.3) is 11.8 Å². The molecule has 0 aliphatic carbocycles. The third kappa shape index (κ3) is 5.20. The highest BCUT2D eigenvalue weighted by Gasteiger charge is 2.14. The van der Waals surface area contributed by atoms with Crippen molar-refractivity contribution in [2.45, 2.75) is 12.8 Å². The maximum atomic E-state index is 11.9. The van der Waals surface area contributed by atoms with Gasteiger partial charge in [-0.2, -0.15) is 0 Å². The number of aromatic nitrogens is 1. The van der Waals surface area contributed by atoms with E-state index in [2.05, 4.69) is 5.32 Å². The van der Waals surface area contributed by atoms with Crippen LogP contribution in [0.3, 0.4) is 0 Å². The molecule has 0 aliphatic heterocycles. The Balaban J connectivity index is 1.75. The number of esters is 1. The molecule has 132 valence electrons. The van der Waals surface area contributed by atoms with Crippen molar-refractivity contribution in [1.82, 2.24) is 9.88 Å². The predicted molar refractivity (Wildman–Crippen MR) is 90.2 cm³/mol. The zero-order valence-corrected chi connectivity index (χ0v) is 14.2. The topological polar surface area (TPSA) is 86.6 Å². The number of carbonyl (C=O) groups is 3. The number of benzene rings is 1. The standard InChI is InChI=1S/C18H20N2O5/c1-20-11-5-7-14(20)18(23)19-16(21)12-25-17(22)10-9-13-6-3-4-8-15(13)24-2/h3-8,11H,9-10,12H2,1-2H3,(H,19,21,23). The number of ether oxygens (including phenoxy) is 2. The summed E-state index contributed by atoms with van der Waals surface area (Å²) in [5.74, 6) is -1.03. The Labute approximate surface area is 145 Å². The molecule has 7 nitrogen and oxygen atoms in total. The van der Waals surface area contributed by atoms with Gasteiger partial charge in [0, 0.05) is 19.7 Å². The Morgan fingerprint density at radius 2 is 1.88 bits per heavy atom. The number of nitrogens with one attached hydrogen (secondary N) is 1. The Morgan fingerprint density at radius 1 is 1.12 bits per heavy atom. The van der Waals surface area contributed by atoms with E-state index < -0.39 is 24.4 Å². The van der Waals surface area contributed by atoms with E-state index in [1.807, 2.05) is 24.3 Å². The molecule has 25 heavy (non-hydrogen) atoms. The van der Waals surface area contributed by atoms with Crippen LogP contribution in [0.15, 0.2) is 42.6 Å². The molecule has 1 N–H and O–H groups in total.